The Hall–Kier alpha value is -1.89. The fourth-order valence-electron chi connectivity index (χ4n) is 5.86. The third kappa shape index (κ3) is 11.4. The summed E-state index contributed by atoms with van der Waals surface area (Å²) >= 11 is 0. The number of carbonyl (C=O) groups is 3. The van der Waals surface area contributed by atoms with Crippen molar-refractivity contribution >= 4 is 17.9 Å². The van der Waals surface area contributed by atoms with E-state index in [1.807, 2.05) is 0 Å². The van der Waals surface area contributed by atoms with E-state index in [1.54, 1.807) is 20.8 Å². The molecule has 0 rings (SSSR count). The average Bonchev–Trinajstić information content (AvgIpc) is 2.82. The number of allylic oxidation sites excluding steroid dienone is 2. The molecule has 0 saturated carbocycles. The number of rotatable bonds is 24. The van der Waals surface area contributed by atoms with Gasteiger partial charge in [0.25, 0.3) is 0 Å². The number of nitrogens with zero attached hydrogens (tertiary/aromatic N) is 1. The van der Waals surface area contributed by atoms with Crippen molar-refractivity contribution in [3.05, 3.63) is 12.2 Å². The molecular formula is C29H54NO6+. The molecule has 0 fully saturated rings. The van der Waals surface area contributed by atoms with E-state index in [-0.39, 0.29) is 25.8 Å². The van der Waals surface area contributed by atoms with Crippen LogP contribution in [0, 0.1) is 0 Å². The van der Waals surface area contributed by atoms with Crippen LogP contribution in [-0.2, 0) is 14.4 Å². The van der Waals surface area contributed by atoms with Gasteiger partial charge in [-0.25, -0.2) is 14.4 Å². The summed E-state index contributed by atoms with van der Waals surface area (Å²) in [4.78, 5) is 36.7. The van der Waals surface area contributed by atoms with Gasteiger partial charge < -0.3 is 15.3 Å². The van der Waals surface area contributed by atoms with Crippen LogP contribution in [0.15, 0.2) is 12.2 Å². The molecule has 0 aliphatic rings. The first-order valence-corrected chi connectivity index (χ1v) is 14.4. The van der Waals surface area contributed by atoms with Crippen LogP contribution in [0.4, 0.5) is 0 Å². The van der Waals surface area contributed by atoms with Crippen molar-refractivity contribution in [2.24, 2.45) is 0 Å². The maximum atomic E-state index is 12.2. The van der Waals surface area contributed by atoms with Gasteiger partial charge in [-0.2, -0.15) is 0 Å². The lowest BCUT2D eigenvalue weighted by Crippen LogP contribution is -2.72. The highest BCUT2D eigenvalue weighted by Gasteiger charge is 2.55. The SMILES string of the molecule is C/C=C/CCCCCCCCCCCCCC[N+](C(CC)C(=O)O)(C(CC)C(=O)O)C(CC)C(=O)O. The topological polar surface area (TPSA) is 112 Å². The van der Waals surface area contributed by atoms with Crippen molar-refractivity contribution in [1.29, 1.82) is 0 Å². The van der Waals surface area contributed by atoms with Crippen molar-refractivity contribution in [2.45, 2.75) is 149 Å². The minimum atomic E-state index is -1.12. The van der Waals surface area contributed by atoms with Gasteiger partial charge in [0.15, 0.2) is 18.1 Å². The third-order valence-electron chi connectivity index (χ3n) is 7.66. The molecule has 3 N–H and O–H groups in total. The van der Waals surface area contributed by atoms with Crippen LogP contribution in [0.3, 0.4) is 0 Å². The number of unbranched alkanes of at least 4 members (excludes halogenated alkanes) is 12. The first-order valence-electron chi connectivity index (χ1n) is 14.4. The van der Waals surface area contributed by atoms with Gasteiger partial charge in [-0.05, 0) is 32.6 Å². The summed E-state index contributed by atoms with van der Waals surface area (Å²) in [6, 6.07) is -3.18. The quantitative estimate of drug-likeness (QED) is 0.0726. The lowest BCUT2D eigenvalue weighted by molar-refractivity contribution is -0.973. The van der Waals surface area contributed by atoms with Gasteiger partial charge in [0.05, 0.1) is 6.54 Å². The van der Waals surface area contributed by atoms with Crippen LogP contribution >= 0.6 is 0 Å². The molecule has 0 heterocycles. The summed E-state index contributed by atoms with van der Waals surface area (Å²) in [7, 11) is 0. The Balaban J connectivity index is 4.81. The Kier molecular flexibility index (Phi) is 19.1. The Labute approximate surface area is 219 Å². The van der Waals surface area contributed by atoms with E-state index in [2.05, 4.69) is 19.1 Å². The summed E-state index contributed by atoms with van der Waals surface area (Å²) < 4.78 is -0.405. The van der Waals surface area contributed by atoms with Gasteiger partial charge >= 0.3 is 17.9 Å². The molecule has 0 bridgehead atoms. The first-order chi connectivity index (χ1) is 17.2. The second-order valence-corrected chi connectivity index (χ2v) is 10.1. The normalized spacial score (nSPS) is 15.9. The van der Waals surface area contributed by atoms with E-state index in [9.17, 15) is 29.7 Å². The smallest absolute Gasteiger partial charge is 0.362 e. The van der Waals surface area contributed by atoms with Crippen molar-refractivity contribution in [1.82, 2.24) is 0 Å². The van der Waals surface area contributed by atoms with Crippen LogP contribution in [0.25, 0.3) is 0 Å². The molecule has 36 heavy (non-hydrogen) atoms. The molecule has 0 spiro atoms. The van der Waals surface area contributed by atoms with Crippen LogP contribution in [-0.4, -0.2) is 62.4 Å². The second-order valence-electron chi connectivity index (χ2n) is 10.1. The Morgan fingerprint density at radius 2 is 0.889 bits per heavy atom. The van der Waals surface area contributed by atoms with E-state index in [1.165, 1.54) is 57.8 Å². The molecule has 0 aromatic rings. The van der Waals surface area contributed by atoms with E-state index in [0.29, 0.717) is 6.42 Å². The fourth-order valence-corrected chi connectivity index (χ4v) is 5.86. The minimum Gasteiger partial charge on any atom is -0.477 e. The van der Waals surface area contributed by atoms with E-state index >= 15 is 0 Å². The Morgan fingerprint density at radius 1 is 0.583 bits per heavy atom. The number of carboxylic acid groups (broad SMARTS) is 3. The molecule has 0 aromatic carbocycles. The van der Waals surface area contributed by atoms with E-state index in [4.69, 9.17) is 0 Å². The highest BCUT2D eigenvalue weighted by Crippen LogP contribution is 2.32. The molecule has 3 atom stereocenters. The van der Waals surface area contributed by atoms with Crippen molar-refractivity contribution in [2.75, 3.05) is 6.54 Å². The Morgan fingerprint density at radius 3 is 1.17 bits per heavy atom. The van der Waals surface area contributed by atoms with Crippen LogP contribution < -0.4 is 0 Å². The van der Waals surface area contributed by atoms with Crippen molar-refractivity contribution < 1.29 is 34.2 Å². The van der Waals surface area contributed by atoms with Gasteiger partial charge in [0.1, 0.15) is 0 Å². The highest BCUT2D eigenvalue weighted by atomic mass is 16.4. The molecule has 3 unspecified atom stereocenters. The number of hydrogen-bond donors (Lipinski definition) is 3. The van der Waals surface area contributed by atoms with E-state index < -0.39 is 40.5 Å². The fraction of sp³-hybridized carbons (Fsp3) is 0.828. The zero-order chi connectivity index (χ0) is 27.4. The zero-order valence-electron chi connectivity index (χ0n) is 23.4. The highest BCUT2D eigenvalue weighted by molar-refractivity contribution is 5.78. The molecule has 0 radical (unpaired) electrons. The summed E-state index contributed by atoms with van der Waals surface area (Å²) in [6.45, 7) is 7.45. The first kappa shape index (κ1) is 34.1. The largest absolute Gasteiger partial charge is 0.477 e. The second kappa shape index (κ2) is 20.2. The number of quaternary nitrogens is 1. The molecular weight excluding hydrogens is 458 g/mol. The predicted molar refractivity (Wildman–Crippen MR) is 145 cm³/mol. The summed E-state index contributed by atoms with van der Waals surface area (Å²) in [5.74, 6) is -3.35. The average molecular weight is 513 g/mol. The van der Waals surface area contributed by atoms with Gasteiger partial charge in [-0.15, -0.1) is 0 Å². The summed E-state index contributed by atoms with van der Waals surface area (Å²) in [5, 5.41) is 29.9. The minimum absolute atomic E-state index is 0.193. The van der Waals surface area contributed by atoms with Crippen LogP contribution in [0.5, 0.6) is 0 Å². The van der Waals surface area contributed by atoms with Gasteiger partial charge in [0, 0.05) is 19.3 Å². The van der Waals surface area contributed by atoms with Crippen molar-refractivity contribution in [3.63, 3.8) is 0 Å². The summed E-state index contributed by atoms with van der Waals surface area (Å²) in [5.41, 5.74) is 0. The third-order valence-corrected chi connectivity index (χ3v) is 7.66. The number of carboxylic acids is 3. The lowest BCUT2D eigenvalue weighted by atomic mass is 9.93. The van der Waals surface area contributed by atoms with Gasteiger partial charge in [-0.1, -0.05) is 90.7 Å². The predicted octanol–water partition coefficient (Wildman–Crippen LogP) is 7.04. The van der Waals surface area contributed by atoms with Crippen LogP contribution in [0.1, 0.15) is 130 Å². The van der Waals surface area contributed by atoms with Crippen LogP contribution in [0.2, 0.25) is 0 Å². The molecule has 210 valence electrons. The molecule has 0 aliphatic heterocycles. The van der Waals surface area contributed by atoms with Gasteiger partial charge in [0.2, 0.25) is 0 Å². The van der Waals surface area contributed by atoms with E-state index in [0.717, 1.165) is 19.3 Å². The molecule has 7 nitrogen and oxygen atoms in total. The molecule has 7 heteroatoms. The summed E-state index contributed by atoms with van der Waals surface area (Å²) in [6.07, 6.45) is 19.9. The molecule has 0 aliphatic carbocycles. The maximum absolute atomic E-state index is 12.2. The molecule has 0 amide bonds. The molecule has 0 aromatic heterocycles. The maximum Gasteiger partial charge on any atom is 0.362 e. The van der Waals surface area contributed by atoms with Gasteiger partial charge in [-0.3, -0.25) is 4.48 Å². The monoisotopic (exact) mass is 512 g/mol. The lowest BCUT2D eigenvalue weighted by Gasteiger charge is -2.49. The number of hydrogen-bond acceptors (Lipinski definition) is 3. The molecule has 0 saturated heterocycles. The Bertz CT molecular complexity index is 593. The van der Waals surface area contributed by atoms with Crippen molar-refractivity contribution in [3.8, 4) is 0 Å². The zero-order valence-corrected chi connectivity index (χ0v) is 23.4. The standard InChI is InChI=1S/C29H53NO6/c1-5-9-10-11-12-13-14-15-16-17-18-19-20-21-22-23-30(24(6-2)27(31)32,25(7-3)28(33)34)26(8-4)29(35)36/h5,9,24-26H,6-8,10-23H2,1-4H3,(H2-,31,32,33,34,35,36)/p+1/b9-5+. The number of aliphatic carboxylic acids is 3.